The van der Waals surface area contributed by atoms with Crippen molar-refractivity contribution >= 4 is 5.90 Å². The smallest absolute Gasteiger partial charge is 0.217 e. The van der Waals surface area contributed by atoms with Crippen LogP contribution in [0, 0.1) is 67.5 Å². The molecule has 0 spiro atoms. The van der Waals surface area contributed by atoms with Crippen molar-refractivity contribution in [3.8, 4) is 24.0 Å². The van der Waals surface area contributed by atoms with E-state index < -0.39 is 28.6 Å². The van der Waals surface area contributed by atoms with Crippen molar-refractivity contribution in [3.63, 3.8) is 0 Å². The van der Waals surface area contributed by atoms with Crippen molar-refractivity contribution in [3.05, 3.63) is 29.8 Å². The molecule has 37 heavy (non-hydrogen) atoms. The molecular formula is C30H38N4O3. The average Bonchev–Trinajstić information content (AvgIpc) is 3.09. The molecule has 0 radical (unpaired) electrons. The quantitative estimate of drug-likeness (QED) is 0.389. The highest BCUT2D eigenvalue weighted by atomic mass is 16.7. The Morgan fingerprint density at radius 1 is 1.03 bits per heavy atom. The van der Waals surface area contributed by atoms with Crippen LogP contribution < -0.4 is 4.74 Å². The minimum atomic E-state index is -1.93. The maximum absolute atomic E-state index is 10.6. The molecule has 0 aromatic heterocycles. The van der Waals surface area contributed by atoms with Crippen LogP contribution in [0.2, 0.25) is 0 Å². The van der Waals surface area contributed by atoms with Crippen molar-refractivity contribution in [2.75, 3.05) is 6.61 Å². The summed E-state index contributed by atoms with van der Waals surface area (Å²) in [5, 5.41) is 40.4. The lowest BCUT2D eigenvalue weighted by Gasteiger charge is -2.54. The third kappa shape index (κ3) is 4.17. The Labute approximate surface area is 220 Å². The van der Waals surface area contributed by atoms with Gasteiger partial charge in [-0.3, -0.25) is 5.41 Å². The predicted molar refractivity (Wildman–Crippen MR) is 138 cm³/mol. The molecule has 3 aliphatic rings. The van der Waals surface area contributed by atoms with Gasteiger partial charge in [0.2, 0.25) is 17.1 Å². The molecule has 7 nitrogen and oxygen atoms in total. The Hall–Kier alpha value is -3.08. The maximum atomic E-state index is 10.6. The molecule has 4 rings (SSSR count). The zero-order valence-corrected chi connectivity index (χ0v) is 22.5. The summed E-state index contributed by atoms with van der Waals surface area (Å²) in [4.78, 5) is 0. The van der Waals surface area contributed by atoms with E-state index in [0.29, 0.717) is 30.8 Å². The van der Waals surface area contributed by atoms with Crippen molar-refractivity contribution in [1.82, 2.24) is 0 Å². The fourth-order valence-corrected chi connectivity index (χ4v) is 6.56. The van der Waals surface area contributed by atoms with Gasteiger partial charge in [0.05, 0.1) is 30.7 Å². The Balaban J connectivity index is 1.65. The van der Waals surface area contributed by atoms with Crippen LogP contribution in [0.4, 0.5) is 0 Å². The number of nitriles is 3. The predicted octanol–water partition coefficient (Wildman–Crippen LogP) is 6.82. The first kappa shape index (κ1) is 27.0. The molecule has 2 aliphatic heterocycles. The summed E-state index contributed by atoms with van der Waals surface area (Å²) in [5.74, 6) is -1.12. The van der Waals surface area contributed by atoms with E-state index >= 15 is 0 Å². The number of nitrogens with zero attached hydrogens (tertiary/aromatic N) is 3. The number of hydrogen-bond acceptors (Lipinski definition) is 7. The second-order valence-electron chi connectivity index (χ2n) is 11.9. The summed E-state index contributed by atoms with van der Waals surface area (Å²) in [5.41, 5.74) is -3.06. The number of unbranched alkanes of at least 4 members (excludes halogenated alkanes) is 4. The Bertz CT molecular complexity index is 1120. The highest BCUT2D eigenvalue weighted by Gasteiger charge is 2.81. The molecule has 1 aromatic carbocycles. The monoisotopic (exact) mass is 502 g/mol. The lowest BCUT2D eigenvalue weighted by molar-refractivity contribution is -0.301. The van der Waals surface area contributed by atoms with Gasteiger partial charge in [-0.05, 0) is 48.3 Å². The molecule has 0 amide bonds. The van der Waals surface area contributed by atoms with Gasteiger partial charge >= 0.3 is 0 Å². The highest BCUT2D eigenvalue weighted by Crippen LogP contribution is 2.70. The van der Waals surface area contributed by atoms with Crippen LogP contribution in [0.25, 0.3) is 0 Å². The van der Waals surface area contributed by atoms with Crippen molar-refractivity contribution in [1.29, 1.82) is 21.2 Å². The molecule has 5 atom stereocenters. The molecular weight excluding hydrogens is 464 g/mol. The summed E-state index contributed by atoms with van der Waals surface area (Å²) in [6.45, 7) is 9.30. The van der Waals surface area contributed by atoms with Crippen LogP contribution in [0.3, 0.4) is 0 Å². The SMILES string of the molecule is CCCCCCCOc1ccc(C2OC34CCC(C(C)(C)C)CC3C(C#N)(C(=N)O4)C2(C#N)C#N)cc1. The van der Waals surface area contributed by atoms with Crippen LogP contribution in [-0.2, 0) is 9.47 Å². The summed E-state index contributed by atoms with van der Waals surface area (Å²) in [6, 6.07) is 13.8. The minimum Gasteiger partial charge on any atom is -0.494 e. The molecule has 2 heterocycles. The summed E-state index contributed by atoms with van der Waals surface area (Å²) >= 11 is 0. The van der Waals surface area contributed by atoms with Crippen molar-refractivity contribution < 1.29 is 14.2 Å². The van der Waals surface area contributed by atoms with Gasteiger partial charge in [-0.15, -0.1) is 0 Å². The molecule has 1 aromatic rings. The van der Waals surface area contributed by atoms with Gasteiger partial charge in [0.25, 0.3) is 0 Å². The number of ether oxygens (including phenoxy) is 3. The maximum Gasteiger partial charge on any atom is 0.217 e. The van der Waals surface area contributed by atoms with Crippen molar-refractivity contribution in [2.45, 2.75) is 91.0 Å². The van der Waals surface area contributed by atoms with E-state index in [0.717, 1.165) is 19.3 Å². The Morgan fingerprint density at radius 2 is 1.70 bits per heavy atom. The van der Waals surface area contributed by atoms with E-state index in [4.69, 9.17) is 19.6 Å². The number of benzene rings is 1. The third-order valence-corrected chi connectivity index (χ3v) is 8.83. The van der Waals surface area contributed by atoms with E-state index in [9.17, 15) is 15.8 Å². The van der Waals surface area contributed by atoms with E-state index in [-0.39, 0.29) is 17.2 Å². The fraction of sp³-hybridized carbons (Fsp3) is 0.667. The van der Waals surface area contributed by atoms with E-state index in [1.807, 2.05) is 12.1 Å². The standard InChI is InChI=1S/C30H38N4O3/c1-5-6-7-8-9-16-35-23-12-10-21(11-13-23)25-28(18-31,19-32)29(20-33)24-17-22(27(2,3)4)14-15-30(24,36-25)37-26(29)34/h10-13,22,24-25,34H,5-9,14-17H2,1-4H3. The third-order valence-electron chi connectivity index (χ3n) is 8.83. The lowest BCUT2D eigenvalue weighted by atomic mass is 9.49. The van der Waals surface area contributed by atoms with Gasteiger partial charge in [-0.2, -0.15) is 15.8 Å². The topological polar surface area (TPSA) is 123 Å². The summed E-state index contributed by atoms with van der Waals surface area (Å²) < 4.78 is 18.6. The molecule has 1 N–H and O–H groups in total. The first-order valence-corrected chi connectivity index (χ1v) is 13.6. The van der Waals surface area contributed by atoms with Crippen LogP contribution in [-0.4, -0.2) is 18.3 Å². The van der Waals surface area contributed by atoms with Gasteiger partial charge in [-0.25, -0.2) is 0 Å². The van der Waals surface area contributed by atoms with Crippen molar-refractivity contribution in [2.24, 2.45) is 28.1 Å². The molecule has 2 bridgehead atoms. The molecule has 196 valence electrons. The van der Waals surface area contributed by atoms with E-state index in [2.05, 4.69) is 45.9 Å². The molecule has 5 unspecified atom stereocenters. The van der Waals surface area contributed by atoms with Gasteiger partial charge in [0.15, 0.2) is 5.41 Å². The molecule has 3 fully saturated rings. The Morgan fingerprint density at radius 3 is 2.30 bits per heavy atom. The lowest BCUT2D eigenvalue weighted by Crippen LogP contribution is -2.61. The number of rotatable bonds is 8. The average molecular weight is 503 g/mol. The second-order valence-corrected chi connectivity index (χ2v) is 11.9. The van der Waals surface area contributed by atoms with Crippen LogP contribution >= 0.6 is 0 Å². The zero-order valence-electron chi connectivity index (χ0n) is 22.5. The summed E-state index contributed by atoms with van der Waals surface area (Å²) in [7, 11) is 0. The normalized spacial score (nSPS) is 31.8. The largest absolute Gasteiger partial charge is 0.494 e. The first-order valence-electron chi connectivity index (χ1n) is 13.6. The molecule has 1 saturated carbocycles. The first-order chi connectivity index (χ1) is 17.6. The second kappa shape index (κ2) is 10.00. The minimum absolute atomic E-state index is 0.0233. The van der Waals surface area contributed by atoms with Crippen LogP contribution in [0.15, 0.2) is 24.3 Å². The zero-order chi connectivity index (χ0) is 26.9. The van der Waals surface area contributed by atoms with Crippen LogP contribution in [0.5, 0.6) is 5.75 Å². The molecule has 7 heteroatoms. The van der Waals surface area contributed by atoms with Gasteiger partial charge in [0, 0.05) is 6.42 Å². The number of hydrogen-bond donors (Lipinski definition) is 1. The Kier molecular flexibility index (Phi) is 7.29. The number of nitrogens with one attached hydrogen (secondary N) is 1. The molecule has 1 aliphatic carbocycles. The van der Waals surface area contributed by atoms with E-state index in [1.54, 1.807) is 12.1 Å². The van der Waals surface area contributed by atoms with E-state index in [1.165, 1.54) is 19.3 Å². The van der Waals surface area contributed by atoms with Gasteiger partial charge in [0.1, 0.15) is 11.9 Å². The highest BCUT2D eigenvalue weighted by molar-refractivity contribution is 5.89. The molecule has 2 saturated heterocycles. The summed E-state index contributed by atoms with van der Waals surface area (Å²) in [6.07, 6.45) is 6.62. The van der Waals surface area contributed by atoms with Gasteiger partial charge in [-0.1, -0.05) is 65.5 Å². The van der Waals surface area contributed by atoms with Crippen LogP contribution in [0.1, 0.15) is 90.7 Å². The fourth-order valence-electron chi connectivity index (χ4n) is 6.56. The van der Waals surface area contributed by atoms with Gasteiger partial charge < -0.3 is 14.2 Å².